The molecular weight excluding hydrogens is 392 g/mol. The lowest BCUT2D eigenvalue weighted by Crippen LogP contribution is -2.51. The van der Waals surface area contributed by atoms with Crippen LogP contribution in [0.5, 0.6) is 11.5 Å². The molecule has 3 N–H and O–H groups in total. The van der Waals surface area contributed by atoms with Crippen molar-refractivity contribution in [1.29, 1.82) is 0 Å². The standard InChI is InChI=1S/C20H27ClN6O2/c1-25(2)7-8-26-9-11-27(12-10-26)20(28)24-19-14-16(5-6-23-19)29-15-3-4-18(22)17(21)13-15/h3-6,13-14H,7-12,22H2,1-2H3,(H,23,24,28). The van der Waals surface area contributed by atoms with Gasteiger partial charge in [-0.2, -0.15) is 0 Å². The molecule has 0 radical (unpaired) electrons. The lowest BCUT2D eigenvalue weighted by molar-refractivity contribution is 0.140. The molecule has 0 unspecified atom stereocenters. The number of rotatable bonds is 6. The lowest BCUT2D eigenvalue weighted by Gasteiger charge is -2.35. The smallest absolute Gasteiger partial charge is 0.323 e. The molecule has 3 rings (SSSR count). The Kier molecular flexibility index (Phi) is 7.13. The molecule has 156 valence electrons. The number of nitrogens with zero attached hydrogens (tertiary/aromatic N) is 4. The first-order valence-electron chi connectivity index (χ1n) is 9.52. The highest BCUT2D eigenvalue weighted by atomic mass is 35.5. The van der Waals surface area contributed by atoms with E-state index in [0.717, 1.165) is 26.2 Å². The largest absolute Gasteiger partial charge is 0.457 e. The zero-order valence-corrected chi connectivity index (χ0v) is 17.5. The number of hydrogen-bond acceptors (Lipinski definition) is 6. The van der Waals surface area contributed by atoms with E-state index in [4.69, 9.17) is 22.1 Å². The Hall–Kier alpha value is -2.55. The van der Waals surface area contributed by atoms with E-state index in [1.54, 1.807) is 41.4 Å². The number of hydrogen-bond donors (Lipinski definition) is 2. The van der Waals surface area contributed by atoms with Crippen molar-refractivity contribution in [2.45, 2.75) is 0 Å². The summed E-state index contributed by atoms with van der Waals surface area (Å²) in [5.74, 6) is 1.54. The number of carbonyl (C=O) groups is 1. The van der Waals surface area contributed by atoms with E-state index in [0.29, 0.717) is 41.1 Å². The molecule has 2 aromatic rings. The van der Waals surface area contributed by atoms with Crippen LogP contribution in [0, 0.1) is 0 Å². The molecule has 1 saturated heterocycles. The van der Waals surface area contributed by atoms with Crippen LogP contribution in [0.1, 0.15) is 0 Å². The topological polar surface area (TPSA) is 87.0 Å². The molecule has 1 aliphatic heterocycles. The number of nitrogens with two attached hydrogens (primary N) is 1. The quantitative estimate of drug-likeness (QED) is 0.701. The van der Waals surface area contributed by atoms with E-state index < -0.39 is 0 Å². The highest BCUT2D eigenvalue weighted by Crippen LogP contribution is 2.28. The zero-order chi connectivity index (χ0) is 20.8. The molecule has 0 aliphatic carbocycles. The van der Waals surface area contributed by atoms with Crippen molar-refractivity contribution in [3.05, 3.63) is 41.6 Å². The molecule has 1 aromatic heterocycles. The molecule has 8 nitrogen and oxygen atoms in total. The van der Waals surface area contributed by atoms with Crippen molar-refractivity contribution in [3.63, 3.8) is 0 Å². The molecule has 0 saturated carbocycles. The second kappa shape index (κ2) is 9.78. The predicted molar refractivity (Wildman–Crippen MR) is 116 cm³/mol. The Morgan fingerprint density at radius 1 is 1.21 bits per heavy atom. The summed E-state index contributed by atoms with van der Waals surface area (Å²) in [5, 5.41) is 3.27. The number of likely N-dealkylation sites (N-methyl/N-ethyl adjacent to an activating group) is 1. The highest BCUT2D eigenvalue weighted by molar-refractivity contribution is 6.33. The number of anilines is 2. The first kappa shape index (κ1) is 21.2. The maximum Gasteiger partial charge on any atom is 0.323 e. The second-order valence-corrected chi connectivity index (χ2v) is 7.63. The van der Waals surface area contributed by atoms with Gasteiger partial charge in [-0.15, -0.1) is 0 Å². The summed E-state index contributed by atoms with van der Waals surface area (Å²) in [4.78, 5) is 23.1. The molecule has 1 aromatic carbocycles. The van der Waals surface area contributed by atoms with Gasteiger partial charge in [-0.3, -0.25) is 10.2 Å². The van der Waals surface area contributed by atoms with Crippen molar-refractivity contribution in [3.8, 4) is 11.5 Å². The summed E-state index contributed by atoms with van der Waals surface area (Å²) >= 11 is 6.03. The third-order valence-corrected chi connectivity index (χ3v) is 5.02. The fourth-order valence-electron chi connectivity index (χ4n) is 2.96. The van der Waals surface area contributed by atoms with E-state index in [9.17, 15) is 4.79 Å². The number of nitrogens with one attached hydrogen (secondary N) is 1. The van der Waals surface area contributed by atoms with Crippen molar-refractivity contribution in [2.24, 2.45) is 0 Å². The fourth-order valence-corrected chi connectivity index (χ4v) is 3.13. The molecule has 0 bridgehead atoms. The van der Waals surface area contributed by atoms with E-state index in [1.807, 2.05) is 0 Å². The van der Waals surface area contributed by atoms with Gasteiger partial charge in [0.15, 0.2) is 0 Å². The first-order chi connectivity index (χ1) is 13.9. The summed E-state index contributed by atoms with van der Waals surface area (Å²) in [6, 6.07) is 8.29. The van der Waals surface area contributed by atoms with Crippen LogP contribution < -0.4 is 15.8 Å². The SMILES string of the molecule is CN(C)CCN1CCN(C(=O)Nc2cc(Oc3ccc(N)c(Cl)c3)ccn2)CC1. The Morgan fingerprint density at radius 2 is 1.93 bits per heavy atom. The molecular formula is C20H27ClN6O2. The number of urea groups is 1. The highest BCUT2D eigenvalue weighted by Gasteiger charge is 2.21. The summed E-state index contributed by atoms with van der Waals surface area (Å²) < 4.78 is 5.79. The van der Waals surface area contributed by atoms with Crippen LogP contribution in [0.25, 0.3) is 0 Å². The van der Waals surface area contributed by atoms with Crippen LogP contribution in [0.2, 0.25) is 5.02 Å². The lowest BCUT2D eigenvalue weighted by atomic mass is 10.3. The minimum absolute atomic E-state index is 0.155. The number of pyridine rings is 1. The minimum Gasteiger partial charge on any atom is -0.457 e. The number of carbonyl (C=O) groups excluding carboxylic acids is 1. The maximum absolute atomic E-state index is 12.6. The van der Waals surface area contributed by atoms with Gasteiger partial charge in [0.05, 0.1) is 10.7 Å². The molecule has 1 fully saturated rings. The van der Waals surface area contributed by atoms with Crippen LogP contribution >= 0.6 is 11.6 Å². The number of benzene rings is 1. The van der Waals surface area contributed by atoms with Crippen LogP contribution in [0.15, 0.2) is 36.5 Å². The van der Waals surface area contributed by atoms with Crippen molar-refractivity contribution >= 4 is 29.1 Å². The average molecular weight is 419 g/mol. The van der Waals surface area contributed by atoms with Crippen molar-refractivity contribution in [1.82, 2.24) is 19.7 Å². The zero-order valence-electron chi connectivity index (χ0n) is 16.8. The van der Waals surface area contributed by atoms with E-state index in [-0.39, 0.29) is 6.03 Å². The minimum atomic E-state index is -0.155. The predicted octanol–water partition coefficient (Wildman–Crippen LogP) is 2.82. The van der Waals surface area contributed by atoms with E-state index in [1.165, 1.54) is 0 Å². The second-order valence-electron chi connectivity index (χ2n) is 7.22. The molecule has 1 aliphatic rings. The number of ether oxygens (including phenoxy) is 1. The van der Waals surface area contributed by atoms with Gasteiger partial charge in [-0.05, 0) is 32.3 Å². The monoisotopic (exact) mass is 418 g/mol. The Balaban J connectivity index is 1.53. The van der Waals surface area contributed by atoms with Gasteiger partial charge in [-0.1, -0.05) is 11.6 Å². The third kappa shape index (κ3) is 6.22. The first-order valence-corrected chi connectivity index (χ1v) is 9.90. The fraction of sp³-hybridized carbons (Fsp3) is 0.400. The Labute approximate surface area is 176 Å². The average Bonchev–Trinajstić information content (AvgIpc) is 2.70. The van der Waals surface area contributed by atoms with Crippen LogP contribution in [0.4, 0.5) is 16.3 Å². The van der Waals surface area contributed by atoms with Gasteiger partial charge in [0.25, 0.3) is 0 Å². The van der Waals surface area contributed by atoms with E-state index >= 15 is 0 Å². The molecule has 0 atom stereocenters. The molecule has 29 heavy (non-hydrogen) atoms. The summed E-state index contributed by atoms with van der Waals surface area (Å²) in [7, 11) is 4.13. The number of aromatic nitrogens is 1. The van der Waals surface area contributed by atoms with Crippen LogP contribution in [-0.4, -0.2) is 79.1 Å². The van der Waals surface area contributed by atoms with Gasteiger partial charge >= 0.3 is 6.03 Å². The third-order valence-electron chi connectivity index (χ3n) is 4.70. The van der Waals surface area contributed by atoms with Gasteiger partial charge < -0.3 is 20.3 Å². The van der Waals surface area contributed by atoms with Gasteiger partial charge in [0.2, 0.25) is 0 Å². The number of amides is 2. The number of halogens is 1. The molecule has 2 heterocycles. The van der Waals surface area contributed by atoms with Crippen molar-refractivity contribution in [2.75, 3.05) is 64.4 Å². The van der Waals surface area contributed by atoms with Gasteiger partial charge in [0.1, 0.15) is 17.3 Å². The molecule has 2 amide bonds. The summed E-state index contributed by atoms with van der Waals surface area (Å²) in [5.41, 5.74) is 6.21. The number of piperazine rings is 1. The molecule has 9 heteroatoms. The van der Waals surface area contributed by atoms with Crippen molar-refractivity contribution < 1.29 is 9.53 Å². The van der Waals surface area contributed by atoms with Gasteiger partial charge in [0, 0.05) is 57.6 Å². The van der Waals surface area contributed by atoms with Crippen LogP contribution in [-0.2, 0) is 0 Å². The molecule has 0 spiro atoms. The van der Waals surface area contributed by atoms with Crippen LogP contribution in [0.3, 0.4) is 0 Å². The maximum atomic E-state index is 12.6. The normalized spacial score (nSPS) is 14.8. The number of nitrogen functional groups attached to an aromatic ring is 1. The van der Waals surface area contributed by atoms with E-state index in [2.05, 4.69) is 34.2 Å². The van der Waals surface area contributed by atoms with Gasteiger partial charge in [-0.25, -0.2) is 9.78 Å². The Bertz CT molecular complexity index is 839. The summed E-state index contributed by atoms with van der Waals surface area (Å²) in [6.07, 6.45) is 1.59. The summed E-state index contributed by atoms with van der Waals surface area (Å²) in [6.45, 7) is 5.16. The Morgan fingerprint density at radius 3 is 2.62 bits per heavy atom.